The second-order valence-corrected chi connectivity index (χ2v) is 3.86. The fourth-order valence-corrected chi connectivity index (χ4v) is 1.07. The standard InChI is InChI=1S/C4H11O4P.Ag/c1-4(2,3)8-9(5,6)7;/h1-3H3,(H2,5,6,7);. The minimum Gasteiger partial charge on any atom is -0.303 e. The predicted octanol–water partition coefficient (Wildman–Crippen LogP) is 0.892. The van der Waals surface area contributed by atoms with Gasteiger partial charge in [0.1, 0.15) is 0 Å². The zero-order valence-corrected chi connectivity index (χ0v) is 8.34. The number of phosphoric ester groups is 1. The molecule has 0 aliphatic rings. The first-order chi connectivity index (χ1) is 3.71. The van der Waals surface area contributed by atoms with E-state index in [4.69, 9.17) is 9.79 Å². The Kier molecular flexibility index (Phi) is 5.41. The Labute approximate surface area is 75.7 Å². The van der Waals surface area contributed by atoms with Crippen molar-refractivity contribution in [1.82, 2.24) is 0 Å². The molecular formula is C4H11AgO4P. The maximum atomic E-state index is 10.1. The van der Waals surface area contributed by atoms with Crippen LogP contribution in [0.15, 0.2) is 0 Å². The first-order valence-corrected chi connectivity index (χ1v) is 4.00. The fraction of sp³-hybridized carbons (Fsp3) is 1.00. The van der Waals surface area contributed by atoms with E-state index in [-0.39, 0.29) is 22.4 Å². The number of rotatable bonds is 1. The van der Waals surface area contributed by atoms with E-state index < -0.39 is 13.4 Å². The number of phosphoric acid groups is 1. The molecule has 0 aromatic heterocycles. The number of hydrogen-bond donors (Lipinski definition) is 2. The molecular weight excluding hydrogens is 251 g/mol. The van der Waals surface area contributed by atoms with Gasteiger partial charge in [-0.15, -0.1) is 0 Å². The Morgan fingerprint density at radius 3 is 1.60 bits per heavy atom. The molecule has 67 valence electrons. The van der Waals surface area contributed by atoms with Crippen molar-refractivity contribution in [1.29, 1.82) is 0 Å². The van der Waals surface area contributed by atoms with Crippen molar-refractivity contribution in [3.8, 4) is 0 Å². The topological polar surface area (TPSA) is 66.8 Å². The van der Waals surface area contributed by atoms with Gasteiger partial charge in [-0.1, -0.05) is 0 Å². The van der Waals surface area contributed by atoms with E-state index in [2.05, 4.69) is 4.52 Å². The van der Waals surface area contributed by atoms with E-state index in [1.165, 1.54) is 0 Å². The smallest absolute Gasteiger partial charge is 0.303 e. The fourth-order valence-electron chi connectivity index (χ4n) is 0.357. The summed E-state index contributed by atoms with van der Waals surface area (Å²) in [7, 11) is -4.29. The van der Waals surface area contributed by atoms with Gasteiger partial charge < -0.3 is 9.79 Å². The third-order valence-electron chi connectivity index (χ3n) is 0.393. The van der Waals surface area contributed by atoms with Crippen LogP contribution in [-0.2, 0) is 31.5 Å². The van der Waals surface area contributed by atoms with Crippen molar-refractivity contribution in [2.45, 2.75) is 26.4 Å². The molecule has 0 aliphatic heterocycles. The average molecular weight is 262 g/mol. The van der Waals surface area contributed by atoms with Crippen molar-refractivity contribution >= 4 is 7.82 Å². The molecule has 0 aromatic carbocycles. The molecule has 0 atom stereocenters. The van der Waals surface area contributed by atoms with Crippen molar-refractivity contribution in [2.75, 3.05) is 0 Å². The summed E-state index contributed by atoms with van der Waals surface area (Å²) in [6.45, 7) is 4.73. The minimum atomic E-state index is -4.29. The van der Waals surface area contributed by atoms with E-state index >= 15 is 0 Å². The molecule has 2 N–H and O–H groups in total. The first kappa shape index (κ1) is 13.4. The second kappa shape index (κ2) is 4.02. The quantitative estimate of drug-likeness (QED) is 0.544. The summed E-state index contributed by atoms with van der Waals surface area (Å²) in [5.41, 5.74) is -0.779. The first-order valence-electron chi connectivity index (χ1n) is 2.47. The van der Waals surface area contributed by atoms with Gasteiger partial charge >= 0.3 is 7.82 Å². The maximum Gasteiger partial charge on any atom is 0.470 e. The predicted molar refractivity (Wildman–Crippen MR) is 32.9 cm³/mol. The molecule has 0 aromatic rings. The molecule has 0 bridgehead atoms. The van der Waals surface area contributed by atoms with Crippen LogP contribution in [0, 0.1) is 0 Å². The Bertz CT molecular complexity index is 135. The summed E-state index contributed by atoms with van der Waals surface area (Å²) in [4.78, 5) is 16.5. The van der Waals surface area contributed by atoms with Crippen LogP contribution in [0.2, 0.25) is 0 Å². The van der Waals surface area contributed by atoms with E-state index in [1.807, 2.05) is 0 Å². The Morgan fingerprint density at radius 2 is 1.60 bits per heavy atom. The van der Waals surface area contributed by atoms with Crippen LogP contribution in [-0.4, -0.2) is 15.4 Å². The molecule has 4 nitrogen and oxygen atoms in total. The summed E-state index contributed by atoms with van der Waals surface area (Å²) >= 11 is 0. The van der Waals surface area contributed by atoms with Gasteiger partial charge in [0.15, 0.2) is 0 Å². The average Bonchev–Trinajstić information content (AvgIpc) is 1.14. The van der Waals surface area contributed by atoms with Crippen molar-refractivity contribution in [2.24, 2.45) is 0 Å². The van der Waals surface area contributed by atoms with E-state index in [1.54, 1.807) is 20.8 Å². The minimum absolute atomic E-state index is 0. The molecule has 10 heavy (non-hydrogen) atoms. The monoisotopic (exact) mass is 261 g/mol. The van der Waals surface area contributed by atoms with Crippen LogP contribution in [0.25, 0.3) is 0 Å². The molecule has 6 heteroatoms. The molecule has 0 fully saturated rings. The third kappa shape index (κ3) is 11.6. The molecule has 0 rings (SSSR count). The van der Waals surface area contributed by atoms with Crippen molar-refractivity contribution in [3.63, 3.8) is 0 Å². The Hall–Kier alpha value is 0.850. The van der Waals surface area contributed by atoms with Gasteiger partial charge in [0.05, 0.1) is 5.60 Å². The molecule has 0 aliphatic carbocycles. The molecule has 0 spiro atoms. The van der Waals surface area contributed by atoms with Gasteiger partial charge in [0, 0.05) is 22.4 Å². The van der Waals surface area contributed by atoms with Crippen LogP contribution in [0.4, 0.5) is 0 Å². The van der Waals surface area contributed by atoms with Gasteiger partial charge in [-0.25, -0.2) is 4.57 Å². The molecule has 0 heterocycles. The van der Waals surface area contributed by atoms with Crippen LogP contribution in [0.5, 0.6) is 0 Å². The normalized spacial score (nSPS) is 12.5. The van der Waals surface area contributed by atoms with Crippen LogP contribution in [0.1, 0.15) is 20.8 Å². The van der Waals surface area contributed by atoms with Crippen LogP contribution < -0.4 is 0 Å². The van der Waals surface area contributed by atoms with Crippen LogP contribution >= 0.6 is 7.82 Å². The Balaban J connectivity index is 0. The summed E-state index contributed by atoms with van der Waals surface area (Å²) in [5, 5.41) is 0. The zero-order chi connectivity index (χ0) is 7.71. The maximum absolute atomic E-state index is 10.1. The van der Waals surface area contributed by atoms with E-state index in [0.29, 0.717) is 0 Å². The van der Waals surface area contributed by atoms with Crippen molar-refractivity contribution < 1.29 is 41.3 Å². The molecule has 0 saturated carbocycles. The largest absolute Gasteiger partial charge is 0.470 e. The zero-order valence-electron chi connectivity index (χ0n) is 5.96. The summed E-state index contributed by atoms with van der Waals surface area (Å²) in [6, 6.07) is 0. The van der Waals surface area contributed by atoms with Crippen molar-refractivity contribution in [3.05, 3.63) is 0 Å². The third-order valence-corrected chi connectivity index (χ3v) is 1.18. The van der Waals surface area contributed by atoms with Gasteiger partial charge in [-0.3, -0.25) is 4.52 Å². The molecule has 0 unspecified atom stereocenters. The summed E-state index contributed by atoms with van der Waals surface area (Å²) < 4.78 is 14.4. The SMILES string of the molecule is CC(C)(C)OP(=O)(O)O.[Ag]. The van der Waals surface area contributed by atoms with Gasteiger partial charge in [0.2, 0.25) is 0 Å². The van der Waals surface area contributed by atoms with E-state index in [0.717, 1.165) is 0 Å². The second-order valence-electron chi connectivity index (χ2n) is 2.69. The molecule has 0 amide bonds. The molecule has 1 radical (unpaired) electrons. The van der Waals surface area contributed by atoms with Gasteiger partial charge in [-0.2, -0.15) is 0 Å². The van der Waals surface area contributed by atoms with E-state index in [9.17, 15) is 4.57 Å². The number of hydrogen-bond acceptors (Lipinski definition) is 2. The van der Waals surface area contributed by atoms with Gasteiger partial charge in [-0.05, 0) is 20.8 Å². The summed E-state index contributed by atoms with van der Waals surface area (Å²) in [6.07, 6.45) is 0. The van der Waals surface area contributed by atoms with Crippen LogP contribution in [0.3, 0.4) is 0 Å². The summed E-state index contributed by atoms with van der Waals surface area (Å²) in [5.74, 6) is 0. The Morgan fingerprint density at radius 1 is 1.30 bits per heavy atom. The molecule has 0 saturated heterocycles. The van der Waals surface area contributed by atoms with Gasteiger partial charge in [0.25, 0.3) is 0 Å².